The number of nitrogens with zero attached hydrogens (tertiary/aromatic N) is 3. The number of hydrogen-bond acceptors (Lipinski definition) is 6. The van der Waals surface area contributed by atoms with Gasteiger partial charge in [0.05, 0.1) is 10.2 Å². The summed E-state index contributed by atoms with van der Waals surface area (Å²) >= 11 is 2.38. The molecule has 4 amide bonds. The largest absolute Gasteiger partial charge is 0.491 e. The van der Waals surface area contributed by atoms with E-state index >= 15 is 0 Å². The van der Waals surface area contributed by atoms with Crippen LogP contribution in [0, 0.1) is 0 Å². The summed E-state index contributed by atoms with van der Waals surface area (Å²) in [5.74, 6) is 0.346. The molecule has 3 N–H and O–H groups in total. The maximum atomic E-state index is 14.1. The topological polar surface area (TPSA) is 108 Å². The fourth-order valence-electron chi connectivity index (χ4n) is 5.71. The summed E-state index contributed by atoms with van der Waals surface area (Å²) in [7, 11) is 0. The average Bonchev–Trinajstić information content (AvgIpc) is 3.15. The van der Waals surface area contributed by atoms with Gasteiger partial charge < -0.3 is 15.8 Å². The number of piperidine rings is 1. The van der Waals surface area contributed by atoms with Gasteiger partial charge in [-0.05, 0) is 68.3 Å². The molecule has 2 heterocycles. The van der Waals surface area contributed by atoms with Gasteiger partial charge in [0.15, 0.2) is 0 Å². The maximum absolute atomic E-state index is 14.1. The van der Waals surface area contributed by atoms with Gasteiger partial charge in [0.25, 0.3) is 11.8 Å². The molecule has 5 rings (SSSR count). The zero-order chi connectivity index (χ0) is 29.9. The first kappa shape index (κ1) is 29.8. The van der Waals surface area contributed by atoms with E-state index in [4.69, 9.17) is 10.5 Å². The predicted octanol–water partition coefficient (Wildman–Crippen LogP) is 5.05. The molecule has 0 aliphatic carbocycles. The Hall–Kier alpha value is -3.64. The normalized spacial score (nSPS) is 20.9. The van der Waals surface area contributed by atoms with E-state index in [2.05, 4.69) is 44.9 Å². The molecule has 42 heavy (non-hydrogen) atoms. The van der Waals surface area contributed by atoms with Crippen molar-refractivity contribution in [3.05, 3.63) is 90.0 Å². The maximum Gasteiger partial charge on any atom is 0.332 e. The Bertz CT molecular complexity index is 1450. The van der Waals surface area contributed by atoms with Crippen LogP contribution < -0.4 is 20.7 Å². The number of nitrogen functional groups attached to an aromatic ring is 1. The van der Waals surface area contributed by atoms with E-state index in [0.717, 1.165) is 11.3 Å². The van der Waals surface area contributed by atoms with E-state index in [9.17, 15) is 14.4 Å². The van der Waals surface area contributed by atoms with Crippen LogP contribution in [0.4, 0.5) is 16.2 Å². The number of imide groups is 1. The van der Waals surface area contributed by atoms with Crippen LogP contribution in [0.3, 0.4) is 0 Å². The molecular weight excluding hydrogens is 645 g/mol. The molecule has 2 aliphatic heterocycles. The van der Waals surface area contributed by atoms with Crippen LogP contribution in [0.15, 0.2) is 78.9 Å². The van der Waals surface area contributed by atoms with Crippen LogP contribution >= 0.6 is 22.6 Å². The molecule has 0 saturated carbocycles. The van der Waals surface area contributed by atoms with Crippen molar-refractivity contribution in [1.29, 1.82) is 0 Å². The highest BCUT2D eigenvalue weighted by Crippen LogP contribution is 2.44. The van der Waals surface area contributed by atoms with E-state index in [1.54, 1.807) is 47.4 Å². The number of nitrogens with two attached hydrogens (primary N) is 1. The van der Waals surface area contributed by atoms with Crippen LogP contribution in [0.2, 0.25) is 0 Å². The number of amides is 4. The highest BCUT2D eigenvalue weighted by Gasteiger charge is 2.60. The predicted molar refractivity (Wildman–Crippen MR) is 172 cm³/mol. The summed E-state index contributed by atoms with van der Waals surface area (Å²) in [5.41, 5.74) is 7.82. The first-order valence-electron chi connectivity index (χ1n) is 14.2. The Labute approximate surface area is 260 Å². The lowest BCUT2D eigenvalue weighted by Crippen LogP contribution is -2.58. The molecule has 0 bridgehead atoms. The van der Waals surface area contributed by atoms with Crippen LogP contribution in [-0.2, 0) is 11.3 Å². The number of urea groups is 1. The van der Waals surface area contributed by atoms with Gasteiger partial charge >= 0.3 is 6.03 Å². The minimum absolute atomic E-state index is 0.0101. The summed E-state index contributed by atoms with van der Waals surface area (Å²) < 4.78 is 5.87. The monoisotopic (exact) mass is 681 g/mol. The highest BCUT2D eigenvalue weighted by atomic mass is 127. The minimum Gasteiger partial charge on any atom is -0.491 e. The molecule has 0 unspecified atom stereocenters. The van der Waals surface area contributed by atoms with Gasteiger partial charge in [-0.25, -0.2) is 4.79 Å². The number of nitrogens with one attached hydrogen (secondary N) is 1. The molecule has 0 aromatic heterocycles. The summed E-state index contributed by atoms with van der Waals surface area (Å²) in [4.78, 5) is 45.8. The summed E-state index contributed by atoms with van der Waals surface area (Å²) in [6.45, 7) is 5.57. The molecule has 10 heteroatoms. The lowest BCUT2D eigenvalue weighted by Gasteiger charge is -2.45. The first-order valence-corrected chi connectivity index (χ1v) is 15.4. The zero-order valence-electron chi connectivity index (χ0n) is 23.8. The lowest BCUT2D eigenvalue weighted by atomic mass is 9.85. The van der Waals surface area contributed by atoms with Gasteiger partial charge in [0, 0.05) is 49.5 Å². The van der Waals surface area contributed by atoms with Crippen LogP contribution in [-0.4, -0.2) is 63.0 Å². The number of alkyl halides is 1. The zero-order valence-corrected chi connectivity index (χ0v) is 26.0. The Morgan fingerprint density at radius 1 is 1.07 bits per heavy atom. The van der Waals surface area contributed by atoms with Gasteiger partial charge in [-0.2, -0.15) is 0 Å². The van der Waals surface area contributed by atoms with Gasteiger partial charge in [0.1, 0.15) is 11.3 Å². The van der Waals surface area contributed by atoms with Crippen LogP contribution in [0.5, 0.6) is 5.75 Å². The minimum atomic E-state index is -1.04. The van der Waals surface area contributed by atoms with Crippen LogP contribution in [0.25, 0.3) is 0 Å². The summed E-state index contributed by atoms with van der Waals surface area (Å²) in [6.07, 6.45) is 1.02. The SMILES string of the molecule is CC(C)Oc1cccc(CN2CC[C@@]3(C[C@@H]2I)C(=O)N(CCNC(=O)c2ccccc2)C(=O)N3c2cccc(N)c2)c1. The number of ether oxygens (including phenoxy) is 1. The molecule has 9 nitrogen and oxygen atoms in total. The van der Waals surface area contributed by atoms with Crippen molar-refractivity contribution in [2.45, 2.75) is 48.9 Å². The van der Waals surface area contributed by atoms with Crippen molar-refractivity contribution in [3.8, 4) is 5.75 Å². The number of anilines is 2. The third kappa shape index (κ3) is 6.24. The van der Waals surface area contributed by atoms with E-state index in [1.165, 1.54) is 4.90 Å². The van der Waals surface area contributed by atoms with E-state index in [1.807, 2.05) is 38.1 Å². The smallest absolute Gasteiger partial charge is 0.332 e. The Kier molecular flexibility index (Phi) is 9.02. The Balaban J connectivity index is 1.34. The van der Waals surface area contributed by atoms with Crippen molar-refractivity contribution < 1.29 is 19.1 Å². The van der Waals surface area contributed by atoms with E-state index in [-0.39, 0.29) is 35.1 Å². The second-order valence-electron chi connectivity index (χ2n) is 11.0. The standard InChI is InChI=1S/C32H36IN5O4/c1-22(2)42-27-13-6-8-23(18-27)21-36-16-14-32(20-28(36)33)30(40)37(17-15-35-29(39)24-9-4-3-5-10-24)31(41)38(32)26-12-7-11-25(34)19-26/h3-13,18-19,22,28H,14-17,20-21,34H2,1-2H3,(H,35,39)/t28-,32-/m1/s1. The molecule has 1 spiro atoms. The first-order chi connectivity index (χ1) is 20.2. The molecule has 2 atom stereocenters. The summed E-state index contributed by atoms with van der Waals surface area (Å²) in [5, 5.41) is 2.84. The van der Waals surface area contributed by atoms with Gasteiger partial charge in [-0.3, -0.25) is 24.3 Å². The van der Waals surface area contributed by atoms with Crippen molar-refractivity contribution in [2.75, 3.05) is 30.3 Å². The Morgan fingerprint density at radius 3 is 2.55 bits per heavy atom. The number of benzene rings is 3. The van der Waals surface area contributed by atoms with Crippen molar-refractivity contribution in [1.82, 2.24) is 15.1 Å². The molecule has 2 saturated heterocycles. The summed E-state index contributed by atoms with van der Waals surface area (Å²) in [6, 6.07) is 23.7. The molecule has 220 valence electrons. The van der Waals surface area contributed by atoms with Crippen molar-refractivity contribution >= 4 is 51.8 Å². The van der Waals surface area contributed by atoms with Gasteiger partial charge in [-0.15, -0.1) is 0 Å². The van der Waals surface area contributed by atoms with Crippen molar-refractivity contribution in [2.24, 2.45) is 0 Å². The third-order valence-electron chi connectivity index (χ3n) is 7.65. The molecular formula is C32H36IN5O4. The fourth-order valence-corrected chi connectivity index (χ4v) is 6.91. The molecule has 2 aliphatic rings. The quantitative estimate of drug-likeness (QED) is 0.108. The second kappa shape index (κ2) is 12.7. The number of likely N-dealkylation sites (tertiary alicyclic amines) is 1. The lowest BCUT2D eigenvalue weighted by molar-refractivity contribution is -0.132. The second-order valence-corrected chi connectivity index (χ2v) is 12.4. The molecule has 3 aromatic rings. The number of rotatable bonds is 9. The molecule has 2 fully saturated rings. The van der Waals surface area contributed by atoms with Crippen molar-refractivity contribution in [3.63, 3.8) is 0 Å². The number of halogens is 1. The third-order valence-corrected chi connectivity index (χ3v) is 8.88. The number of carbonyl (C=O) groups excluding carboxylic acids is 3. The number of hydrogen-bond donors (Lipinski definition) is 2. The molecule has 0 radical (unpaired) electrons. The van der Waals surface area contributed by atoms with E-state index in [0.29, 0.717) is 42.9 Å². The van der Waals surface area contributed by atoms with E-state index < -0.39 is 11.6 Å². The Morgan fingerprint density at radius 2 is 1.83 bits per heavy atom. The van der Waals surface area contributed by atoms with Gasteiger partial charge in [0.2, 0.25) is 0 Å². The number of carbonyl (C=O) groups is 3. The average molecular weight is 682 g/mol. The van der Waals surface area contributed by atoms with Gasteiger partial charge in [-0.1, -0.05) is 59.0 Å². The molecule has 3 aromatic carbocycles. The van der Waals surface area contributed by atoms with Crippen LogP contribution in [0.1, 0.15) is 42.6 Å². The highest BCUT2D eigenvalue weighted by molar-refractivity contribution is 14.1. The fraction of sp³-hybridized carbons (Fsp3) is 0.344.